The first-order valence-corrected chi connectivity index (χ1v) is 10.1. The number of sulfonamides is 1. The third-order valence-corrected chi connectivity index (χ3v) is 5.38. The van der Waals surface area contributed by atoms with E-state index in [2.05, 4.69) is 5.32 Å². The number of nitrogens with one attached hydrogen (secondary N) is 1. The first-order valence-electron chi connectivity index (χ1n) is 7.16. The third-order valence-electron chi connectivity index (χ3n) is 3.10. The highest BCUT2D eigenvalue weighted by Gasteiger charge is 2.08. The Morgan fingerprint density at radius 1 is 1.08 bits per heavy atom. The van der Waals surface area contributed by atoms with Crippen molar-refractivity contribution in [3.63, 3.8) is 0 Å². The van der Waals surface area contributed by atoms with E-state index in [1.807, 2.05) is 24.3 Å². The molecular weight excluding hydrogens is 368 g/mol. The number of amides is 1. The highest BCUT2D eigenvalue weighted by molar-refractivity contribution is 7.99. The zero-order valence-corrected chi connectivity index (χ0v) is 15.1. The Morgan fingerprint density at radius 2 is 1.71 bits per heavy atom. The lowest BCUT2D eigenvalue weighted by molar-refractivity contribution is -0.116. The van der Waals surface area contributed by atoms with Crippen molar-refractivity contribution in [3.8, 4) is 0 Å². The lowest BCUT2D eigenvalue weighted by atomic mass is 10.3. The first kappa shape index (κ1) is 18.8. The Kier molecular flexibility index (Phi) is 6.68. The van der Waals surface area contributed by atoms with E-state index >= 15 is 0 Å². The number of anilines is 1. The number of rotatable bonds is 7. The Bertz CT molecular complexity index is 791. The summed E-state index contributed by atoms with van der Waals surface area (Å²) in [5, 5.41) is 8.45. The van der Waals surface area contributed by atoms with Gasteiger partial charge in [0.15, 0.2) is 0 Å². The van der Waals surface area contributed by atoms with Gasteiger partial charge in [0.2, 0.25) is 15.9 Å². The summed E-state index contributed by atoms with van der Waals surface area (Å²) in [6.07, 6.45) is 1.12. The van der Waals surface area contributed by atoms with Crippen LogP contribution >= 0.6 is 23.4 Å². The number of halogens is 1. The van der Waals surface area contributed by atoms with Crippen molar-refractivity contribution in [3.05, 3.63) is 53.6 Å². The lowest BCUT2D eigenvalue weighted by Crippen LogP contribution is -2.13. The number of carbonyl (C=O) groups is 1. The summed E-state index contributed by atoms with van der Waals surface area (Å²) in [6, 6.07) is 13.3. The van der Waals surface area contributed by atoms with Crippen molar-refractivity contribution >= 4 is 45.0 Å². The number of thioether (sulfide) groups is 1. The van der Waals surface area contributed by atoms with Gasteiger partial charge in [-0.05, 0) is 60.7 Å². The van der Waals surface area contributed by atoms with Gasteiger partial charge in [0.1, 0.15) is 0 Å². The number of hydrogen-bond acceptors (Lipinski definition) is 4. The van der Waals surface area contributed by atoms with Crippen LogP contribution < -0.4 is 10.5 Å². The molecule has 0 aromatic heterocycles. The van der Waals surface area contributed by atoms with Crippen molar-refractivity contribution < 1.29 is 13.2 Å². The number of hydrogen-bond donors (Lipinski definition) is 2. The van der Waals surface area contributed by atoms with Gasteiger partial charge in [-0.15, -0.1) is 11.8 Å². The second-order valence-corrected chi connectivity index (χ2v) is 8.19. The van der Waals surface area contributed by atoms with Crippen LogP contribution in [0.15, 0.2) is 58.3 Å². The summed E-state index contributed by atoms with van der Waals surface area (Å²) < 4.78 is 22.3. The van der Waals surface area contributed by atoms with Gasteiger partial charge in [-0.2, -0.15) is 0 Å². The molecule has 0 unspecified atom stereocenters. The molecule has 0 saturated carbocycles. The van der Waals surface area contributed by atoms with E-state index in [9.17, 15) is 13.2 Å². The molecule has 5 nitrogen and oxygen atoms in total. The van der Waals surface area contributed by atoms with Crippen LogP contribution in [0.3, 0.4) is 0 Å². The van der Waals surface area contributed by atoms with Crippen LogP contribution in [0.25, 0.3) is 0 Å². The molecule has 0 radical (unpaired) electrons. The molecule has 8 heteroatoms. The molecule has 2 aromatic rings. The number of carbonyl (C=O) groups excluding carboxylic acids is 1. The Balaban J connectivity index is 1.74. The van der Waals surface area contributed by atoms with E-state index in [-0.39, 0.29) is 10.8 Å². The minimum atomic E-state index is -3.72. The molecule has 0 fully saturated rings. The molecule has 0 bridgehead atoms. The molecular formula is C16H17ClN2O3S2. The van der Waals surface area contributed by atoms with Gasteiger partial charge in [-0.1, -0.05) is 11.6 Å². The topological polar surface area (TPSA) is 89.3 Å². The standard InChI is InChI=1S/C16H17ClN2O3S2/c17-12-3-7-14(8-4-12)23-11-1-2-16(20)19-13-5-9-15(10-6-13)24(18,21)22/h3-10H,1-2,11H2,(H,19,20)(H2,18,21,22). The van der Waals surface area contributed by atoms with Gasteiger partial charge in [0, 0.05) is 22.0 Å². The van der Waals surface area contributed by atoms with Gasteiger partial charge in [-0.25, -0.2) is 13.6 Å². The van der Waals surface area contributed by atoms with E-state index < -0.39 is 10.0 Å². The Hall–Kier alpha value is -1.54. The summed E-state index contributed by atoms with van der Waals surface area (Å²) in [5.74, 6) is 0.703. The summed E-state index contributed by atoms with van der Waals surface area (Å²) in [7, 11) is -3.72. The average Bonchev–Trinajstić information content (AvgIpc) is 2.53. The van der Waals surface area contributed by atoms with E-state index in [1.54, 1.807) is 11.8 Å². The Morgan fingerprint density at radius 3 is 2.29 bits per heavy atom. The molecule has 3 N–H and O–H groups in total. The summed E-state index contributed by atoms with van der Waals surface area (Å²) in [5.41, 5.74) is 0.540. The monoisotopic (exact) mass is 384 g/mol. The normalized spacial score (nSPS) is 11.2. The predicted molar refractivity (Wildman–Crippen MR) is 97.9 cm³/mol. The maximum Gasteiger partial charge on any atom is 0.238 e. The van der Waals surface area contributed by atoms with Crippen molar-refractivity contribution in [1.29, 1.82) is 0 Å². The van der Waals surface area contributed by atoms with Gasteiger partial charge < -0.3 is 5.32 Å². The molecule has 0 saturated heterocycles. The number of primary sulfonamides is 1. The fourth-order valence-corrected chi connectivity index (χ4v) is 3.40. The Labute approximate surface area is 150 Å². The van der Waals surface area contributed by atoms with Crippen molar-refractivity contribution in [2.45, 2.75) is 22.6 Å². The maximum atomic E-state index is 11.9. The fraction of sp³-hybridized carbons (Fsp3) is 0.188. The molecule has 128 valence electrons. The molecule has 0 atom stereocenters. The zero-order valence-electron chi connectivity index (χ0n) is 12.7. The van der Waals surface area contributed by atoms with Crippen LogP contribution in [-0.2, 0) is 14.8 Å². The van der Waals surface area contributed by atoms with Gasteiger partial charge >= 0.3 is 0 Å². The predicted octanol–water partition coefficient (Wildman–Crippen LogP) is 3.50. The lowest BCUT2D eigenvalue weighted by Gasteiger charge is -2.06. The minimum absolute atomic E-state index is 0.0138. The van der Waals surface area contributed by atoms with Crippen LogP contribution in [0.5, 0.6) is 0 Å². The van der Waals surface area contributed by atoms with Crippen molar-refractivity contribution in [2.75, 3.05) is 11.1 Å². The van der Waals surface area contributed by atoms with Gasteiger partial charge in [0.25, 0.3) is 0 Å². The van der Waals surface area contributed by atoms with Crippen LogP contribution in [0.1, 0.15) is 12.8 Å². The quantitative estimate of drug-likeness (QED) is 0.564. The van der Waals surface area contributed by atoms with Crippen molar-refractivity contribution in [2.24, 2.45) is 5.14 Å². The zero-order chi connectivity index (χ0) is 17.6. The summed E-state index contributed by atoms with van der Waals surface area (Å²) in [6.45, 7) is 0. The molecule has 0 aliphatic carbocycles. The van der Waals surface area contributed by atoms with E-state index in [0.29, 0.717) is 17.1 Å². The van der Waals surface area contributed by atoms with Gasteiger partial charge in [0.05, 0.1) is 4.90 Å². The molecule has 0 aliphatic rings. The summed E-state index contributed by atoms with van der Waals surface area (Å²) >= 11 is 7.49. The van der Waals surface area contributed by atoms with Crippen molar-refractivity contribution in [1.82, 2.24) is 0 Å². The smallest absolute Gasteiger partial charge is 0.238 e. The van der Waals surface area contributed by atoms with Gasteiger partial charge in [-0.3, -0.25) is 4.79 Å². The number of nitrogens with two attached hydrogens (primary N) is 1. The SMILES string of the molecule is NS(=O)(=O)c1ccc(NC(=O)CCCSc2ccc(Cl)cc2)cc1. The molecule has 1 amide bonds. The molecule has 2 aromatic carbocycles. The second kappa shape index (κ2) is 8.53. The minimum Gasteiger partial charge on any atom is -0.326 e. The van der Waals surface area contributed by atoms with E-state index in [0.717, 1.165) is 17.1 Å². The third kappa shape index (κ3) is 6.16. The van der Waals surface area contributed by atoms with Crippen LogP contribution in [0.2, 0.25) is 5.02 Å². The second-order valence-electron chi connectivity index (χ2n) is 5.02. The van der Waals surface area contributed by atoms with Crippen LogP contribution in [0, 0.1) is 0 Å². The molecule has 0 spiro atoms. The largest absolute Gasteiger partial charge is 0.326 e. The molecule has 24 heavy (non-hydrogen) atoms. The average molecular weight is 385 g/mol. The fourth-order valence-electron chi connectivity index (χ4n) is 1.91. The van der Waals surface area contributed by atoms with Crippen LogP contribution in [0.4, 0.5) is 5.69 Å². The highest BCUT2D eigenvalue weighted by atomic mass is 35.5. The van der Waals surface area contributed by atoms with E-state index in [1.165, 1.54) is 24.3 Å². The summed E-state index contributed by atoms with van der Waals surface area (Å²) in [4.78, 5) is 13.0. The van der Waals surface area contributed by atoms with Crippen LogP contribution in [-0.4, -0.2) is 20.1 Å². The maximum absolute atomic E-state index is 11.9. The molecule has 0 heterocycles. The first-order chi connectivity index (χ1) is 11.3. The molecule has 2 rings (SSSR count). The van der Waals surface area contributed by atoms with E-state index in [4.69, 9.17) is 16.7 Å². The molecule has 0 aliphatic heterocycles. The highest BCUT2D eigenvalue weighted by Crippen LogP contribution is 2.21. The number of benzene rings is 2.